The Morgan fingerprint density at radius 1 is 0.972 bits per heavy atom. The van der Waals surface area contributed by atoms with Gasteiger partial charge in [0.1, 0.15) is 25.1 Å². The summed E-state index contributed by atoms with van der Waals surface area (Å²) in [6.07, 6.45) is -0.559. The maximum Gasteiger partial charge on any atom is 0.192 e. The zero-order valence-corrected chi connectivity index (χ0v) is 23.6. The molecule has 4 rings (SSSR count). The van der Waals surface area contributed by atoms with Crippen LogP contribution in [0.15, 0.2) is 54.6 Å². The van der Waals surface area contributed by atoms with Crippen molar-refractivity contribution in [2.75, 3.05) is 51.4 Å². The van der Waals surface area contributed by atoms with Gasteiger partial charge in [-0.15, -0.1) is 0 Å². The van der Waals surface area contributed by atoms with Gasteiger partial charge in [0.15, 0.2) is 8.32 Å². The minimum Gasteiger partial charge on any atom is -0.491 e. The van der Waals surface area contributed by atoms with E-state index in [9.17, 15) is 4.39 Å². The van der Waals surface area contributed by atoms with Crippen molar-refractivity contribution in [3.63, 3.8) is 0 Å². The molecule has 1 fully saturated rings. The standard InChI is InChI=1S/C29H40FN3O2Si/c1-29(2,3)36(5,6)35-26(20-30)21-34-25-12-14-28-23(19-25)9-13-27(31-28)22-7-10-24(11-8-22)33-17-15-32(4)16-18-33/h7-14,19,26H,15-18,20-21H2,1-6H3. The van der Waals surface area contributed by atoms with Crippen LogP contribution in [0.25, 0.3) is 22.2 Å². The summed E-state index contributed by atoms with van der Waals surface area (Å²) in [5.41, 5.74) is 4.21. The first-order chi connectivity index (χ1) is 17.1. The Morgan fingerprint density at radius 2 is 1.67 bits per heavy atom. The molecule has 5 nitrogen and oxygen atoms in total. The van der Waals surface area contributed by atoms with Crippen molar-refractivity contribution in [2.45, 2.75) is 45.0 Å². The summed E-state index contributed by atoms with van der Waals surface area (Å²) in [5, 5.41) is 1.02. The number of alkyl halides is 1. The van der Waals surface area contributed by atoms with Gasteiger partial charge in [0.2, 0.25) is 0 Å². The first-order valence-corrected chi connectivity index (χ1v) is 15.8. The third-order valence-corrected chi connectivity index (χ3v) is 12.1. The molecule has 0 N–H and O–H groups in total. The van der Waals surface area contributed by atoms with Crippen LogP contribution in [0.1, 0.15) is 20.8 Å². The molecule has 0 bridgehead atoms. The fourth-order valence-corrected chi connectivity index (χ4v) is 5.47. The summed E-state index contributed by atoms with van der Waals surface area (Å²) in [5.74, 6) is 0.700. The van der Waals surface area contributed by atoms with Gasteiger partial charge >= 0.3 is 0 Å². The number of hydrogen-bond acceptors (Lipinski definition) is 5. The molecule has 1 atom stereocenters. The number of nitrogens with zero attached hydrogens (tertiary/aromatic N) is 3. The Bertz CT molecular complexity index is 1160. The third kappa shape index (κ3) is 6.25. The van der Waals surface area contributed by atoms with E-state index >= 15 is 0 Å². The monoisotopic (exact) mass is 509 g/mol. The minimum atomic E-state index is -2.06. The van der Waals surface area contributed by atoms with Crippen LogP contribution < -0.4 is 9.64 Å². The van der Waals surface area contributed by atoms with Crippen LogP contribution in [0.4, 0.5) is 10.1 Å². The van der Waals surface area contributed by atoms with Crippen LogP contribution in [0.5, 0.6) is 5.75 Å². The second-order valence-electron chi connectivity index (χ2n) is 11.4. The predicted molar refractivity (Wildman–Crippen MR) is 150 cm³/mol. The van der Waals surface area contributed by atoms with Gasteiger partial charge < -0.3 is 19.0 Å². The summed E-state index contributed by atoms with van der Waals surface area (Å²) in [7, 11) is 0.112. The maximum atomic E-state index is 13.7. The molecule has 1 unspecified atom stereocenters. The number of hydrogen-bond donors (Lipinski definition) is 0. The van der Waals surface area contributed by atoms with Crippen molar-refractivity contribution in [3.8, 4) is 17.0 Å². The zero-order valence-electron chi connectivity index (χ0n) is 22.6. The Balaban J connectivity index is 1.41. The highest BCUT2D eigenvalue weighted by molar-refractivity contribution is 6.74. The number of pyridine rings is 1. The van der Waals surface area contributed by atoms with Gasteiger partial charge in [-0.05, 0) is 61.6 Å². The number of aromatic nitrogens is 1. The Kier molecular flexibility index (Phi) is 8.02. The number of ether oxygens (including phenoxy) is 1. The van der Waals surface area contributed by atoms with Gasteiger partial charge in [0.25, 0.3) is 0 Å². The Labute approximate surface area is 216 Å². The smallest absolute Gasteiger partial charge is 0.192 e. The number of likely N-dealkylation sites (N-methyl/N-ethyl adjacent to an activating group) is 1. The van der Waals surface area contributed by atoms with Crippen molar-refractivity contribution >= 4 is 24.9 Å². The number of halogens is 1. The SMILES string of the molecule is CN1CCN(c2ccc(-c3ccc4cc(OCC(CF)O[Si](C)(C)C(C)(C)C)ccc4n3)cc2)CC1. The van der Waals surface area contributed by atoms with E-state index in [0.29, 0.717) is 5.75 Å². The van der Waals surface area contributed by atoms with Crippen molar-refractivity contribution < 1.29 is 13.6 Å². The van der Waals surface area contributed by atoms with Gasteiger partial charge in [-0.3, -0.25) is 0 Å². The lowest BCUT2D eigenvalue weighted by molar-refractivity contribution is 0.0920. The predicted octanol–water partition coefficient (Wildman–Crippen LogP) is 6.39. The van der Waals surface area contributed by atoms with E-state index in [0.717, 1.165) is 48.3 Å². The van der Waals surface area contributed by atoms with Crippen LogP contribution in [0.3, 0.4) is 0 Å². The van der Waals surface area contributed by atoms with Crippen molar-refractivity contribution in [3.05, 3.63) is 54.6 Å². The molecule has 2 heterocycles. The van der Waals surface area contributed by atoms with Gasteiger partial charge in [0, 0.05) is 42.8 Å². The number of piperazine rings is 1. The number of fused-ring (bicyclic) bond motifs is 1. The summed E-state index contributed by atoms with van der Waals surface area (Å²) in [6.45, 7) is 14.7. The van der Waals surface area contributed by atoms with Crippen LogP contribution in [-0.4, -0.2) is 70.8 Å². The molecule has 1 aliphatic heterocycles. The lowest BCUT2D eigenvalue weighted by Crippen LogP contribution is -2.46. The molecule has 1 aromatic heterocycles. The highest BCUT2D eigenvalue weighted by Crippen LogP contribution is 2.37. The van der Waals surface area contributed by atoms with Crippen molar-refractivity contribution in [1.29, 1.82) is 0 Å². The molecule has 3 aromatic rings. The number of benzene rings is 2. The summed E-state index contributed by atoms with van der Waals surface area (Å²) < 4.78 is 25.8. The molecule has 0 radical (unpaired) electrons. The molecule has 194 valence electrons. The second kappa shape index (κ2) is 10.9. The lowest BCUT2D eigenvalue weighted by atomic mass is 10.1. The zero-order chi connectivity index (χ0) is 25.9. The largest absolute Gasteiger partial charge is 0.491 e. The Morgan fingerprint density at radius 3 is 2.31 bits per heavy atom. The highest BCUT2D eigenvalue weighted by Gasteiger charge is 2.39. The van der Waals surface area contributed by atoms with Crippen LogP contribution in [0.2, 0.25) is 18.1 Å². The molecule has 0 aliphatic carbocycles. The van der Waals surface area contributed by atoms with E-state index < -0.39 is 21.1 Å². The molecular formula is C29H40FN3O2Si. The molecule has 0 amide bonds. The summed E-state index contributed by atoms with van der Waals surface area (Å²) in [4.78, 5) is 9.67. The fourth-order valence-electron chi connectivity index (χ4n) is 4.15. The van der Waals surface area contributed by atoms with Crippen LogP contribution in [0, 0.1) is 0 Å². The molecular weight excluding hydrogens is 469 g/mol. The van der Waals surface area contributed by atoms with Gasteiger partial charge in [0.05, 0.1) is 11.2 Å². The quantitative estimate of drug-likeness (QED) is 0.329. The molecule has 1 saturated heterocycles. The van der Waals surface area contributed by atoms with Crippen LogP contribution in [-0.2, 0) is 4.43 Å². The van der Waals surface area contributed by atoms with E-state index in [4.69, 9.17) is 14.1 Å². The molecule has 2 aromatic carbocycles. The first kappa shape index (κ1) is 26.6. The normalized spacial score (nSPS) is 16.4. The average Bonchev–Trinajstić information content (AvgIpc) is 2.86. The summed E-state index contributed by atoms with van der Waals surface area (Å²) >= 11 is 0. The second-order valence-corrected chi connectivity index (χ2v) is 16.1. The van der Waals surface area contributed by atoms with E-state index in [2.05, 4.69) is 81.0 Å². The Hall–Kier alpha value is -2.48. The average molecular weight is 510 g/mol. The lowest BCUT2D eigenvalue weighted by Gasteiger charge is -2.38. The van der Waals surface area contributed by atoms with E-state index in [1.165, 1.54) is 5.69 Å². The topological polar surface area (TPSA) is 37.8 Å². The van der Waals surface area contributed by atoms with Crippen molar-refractivity contribution in [1.82, 2.24) is 9.88 Å². The molecule has 0 spiro atoms. The van der Waals surface area contributed by atoms with Gasteiger partial charge in [-0.25, -0.2) is 9.37 Å². The molecule has 0 saturated carbocycles. The molecule has 7 heteroatoms. The summed E-state index contributed by atoms with van der Waals surface area (Å²) in [6, 6.07) is 18.6. The fraction of sp³-hybridized carbons (Fsp3) is 0.483. The van der Waals surface area contributed by atoms with Gasteiger partial charge in [-0.2, -0.15) is 0 Å². The highest BCUT2D eigenvalue weighted by atomic mass is 28.4. The van der Waals surface area contributed by atoms with Crippen molar-refractivity contribution in [2.24, 2.45) is 0 Å². The molecule has 36 heavy (non-hydrogen) atoms. The van der Waals surface area contributed by atoms with E-state index in [1.54, 1.807) is 0 Å². The third-order valence-electron chi connectivity index (χ3n) is 7.57. The van der Waals surface area contributed by atoms with Crippen LogP contribution >= 0.6 is 0 Å². The first-order valence-electron chi connectivity index (χ1n) is 12.9. The minimum absolute atomic E-state index is 0.0254. The molecule has 1 aliphatic rings. The number of rotatable bonds is 8. The maximum absolute atomic E-state index is 13.7. The van der Waals surface area contributed by atoms with Gasteiger partial charge in [-0.1, -0.05) is 39.0 Å². The number of anilines is 1. The van der Waals surface area contributed by atoms with E-state index in [1.807, 2.05) is 24.3 Å². The van der Waals surface area contributed by atoms with E-state index in [-0.39, 0.29) is 11.6 Å².